The van der Waals surface area contributed by atoms with Crippen LogP contribution in [0.1, 0.15) is 66.1 Å². The minimum Gasteiger partial charge on any atom is -0.482 e. The number of carbonyl (C=O) groups is 4. The Kier molecular flexibility index (Phi) is 15.5. The Hall–Kier alpha value is -4.11. The maximum absolute atomic E-state index is 12.6. The van der Waals surface area contributed by atoms with E-state index in [1.54, 1.807) is 28.2 Å². The van der Waals surface area contributed by atoms with Gasteiger partial charge in [-0.3, -0.25) is 9.59 Å². The van der Waals surface area contributed by atoms with Gasteiger partial charge in [0.1, 0.15) is 14.6 Å². The van der Waals surface area contributed by atoms with Gasteiger partial charge in [-0.2, -0.15) is 0 Å². The Morgan fingerprint density at radius 1 is 1.02 bits per heavy atom. The van der Waals surface area contributed by atoms with Crippen molar-refractivity contribution in [2.24, 2.45) is 0 Å². The largest absolute Gasteiger partial charge is 0.482 e. The van der Waals surface area contributed by atoms with Gasteiger partial charge in [0.15, 0.2) is 10.9 Å². The van der Waals surface area contributed by atoms with E-state index in [-0.39, 0.29) is 32.6 Å². The number of thiazole rings is 1. The van der Waals surface area contributed by atoms with Crippen LogP contribution in [-0.2, 0) is 26.3 Å². The van der Waals surface area contributed by atoms with Crippen LogP contribution in [0.3, 0.4) is 0 Å². The third-order valence-electron chi connectivity index (χ3n) is 9.33. The molecule has 14 nitrogen and oxygen atoms in total. The summed E-state index contributed by atoms with van der Waals surface area (Å²) in [6.07, 6.45) is 1.94. The average Bonchev–Trinajstić information content (AvgIpc) is 3.91. The van der Waals surface area contributed by atoms with Crippen molar-refractivity contribution in [1.82, 2.24) is 15.0 Å². The third kappa shape index (κ3) is 11.5. The molecule has 0 radical (unpaired) electrons. The number of aliphatic carboxylic acids is 1. The Morgan fingerprint density at radius 3 is 2.33 bits per heavy atom. The summed E-state index contributed by atoms with van der Waals surface area (Å²) in [7, 11) is 0. The fourth-order valence-corrected chi connectivity index (χ4v) is 8.68. The molecule has 2 saturated heterocycles. The van der Waals surface area contributed by atoms with E-state index in [1.807, 2.05) is 85.4 Å². The Balaban J connectivity index is 0.000000218. The lowest BCUT2D eigenvalue weighted by molar-refractivity contribution is -0.139. The molecule has 2 atom stereocenters. The number of rotatable bonds is 16. The van der Waals surface area contributed by atoms with Crippen molar-refractivity contribution in [3.63, 3.8) is 0 Å². The van der Waals surface area contributed by atoms with Gasteiger partial charge < -0.3 is 25.2 Å². The van der Waals surface area contributed by atoms with Gasteiger partial charge in [0, 0.05) is 43.8 Å². The molecule has 57 heavy (non-hydrogen) atoms. The molecule has 6 rings (SSSR count). The maximum atomic E-state index is 12.6. The van der Waals surface area contributed by atoms with Gasteiger partial charge in [-0.1, -0.05) is 91.5 Å². The summed E-state index contributed by atoms with van der Waals surface area (Å²) >= 11 is 4.80. The first-order chi connectivity index (χ1) is 27.2. The van der Waals surface area contributed by atoms with Crippen molar-refractivity contribution in [3.8, 4) is 5.75 Å². The van der Waals surface area contributed by atoms with Crippen molar-refractivity contribution in [2.75, 3.05) is 48.6 Å². The number of aliphatic hydroxyl groups is 2. The summed E-state index contributed by atoms with van der Waals surface area (Å²) in [5.74, 6) is -0.761. The smallest absolute Gasteiger partial charge is 0.347 e. The molecule has 0 spiro atoms. The molecule has 304 valence electrons. The molecule has 3 aromatic carbocycles. The molecule has 4 N–H and O–H groups in total. The second-order valence-electron chi connectivity index (χ2n) is 14.0. The van der Waals surface area contributed by atoms with E-state index in [0.29, 0.717) is 54.9 Å². The second kappa shape index (κ2) is 20.0. The number of benzene rings is 3. The zero-order valence-electron chi connectivity index (χ0n) is 31.8. The fourth-order valence-electron chi connectivity index (χ4n) is 6.11. The number of anilines is 2. The number of carboxylic acid groups (broad SMARTS) is 2. The van der Waals surface area contributed by atoms with Crippen LogP contribution in [0.2, 0.25) is 0 Å². The molecule has 0 bridgehead atoms. The summed E-state index contributed by atoms with van der Waals surface area (Å²) in [5, 5.41) is 44.6. The highest BCUT2D eigenvalue weighted by Gasteiger charge is 2.37. The number of halogens is 1. The minimum absolute atomic E-state index is 0.0254. The lowest BCUT2D eigenvalue weighted by Crippen LogP contribution is -2.40. The van der Waals surface area contributed by atoms with Crippen molar-refractivity contribution in [3.05, 3.63) is 101 Å². The molecule has 2 unspecified atom stereocenters. The summed E-state index contributed by atoms with van der Waals surface area (Å²) in [4.78, 5) is 51.1. The van der Waals surface area contributed by atoms with Gasteiger partial charge in [0.05, 0.1) is 30.3 Å². The number of aromatic carboxylic acids is 1. The van der Waals surface area contributed by atoms with Crippen LogP contribution in [0.25, 0.3) is 0 Å². The number of thioether (sulfide) groups is 1. The Bertz CT molecular complexity index is 2010. The topological polar surface area (TPSA) is 184 Å². The number of ether oxygens (including phenoxy) is 1. The monoisotopic (exact) mass is 931 g/mol. The minimum atomic E-state index is -1.03. The predicted molar refractivity (Wildman–Crippen MR) is 227 cm³/mol. The number of carboxylic acids is 2. The van der Waals surface area contributed by atoms with E-state index in [1.165, 1.54) is 18.0 Å². The normalized spacial score (nSPS) is 16.8. The van der Waals surface area contributed by atoms with Crippen LogP contribution in [0.15, 0.2) is 83.3 Å². The van der Waals surface area contributed by atoms with Crippen LogP contribution >= 0.6 is 45.7 Å². The Morgan fingerprint density at radius 2 is 1.70 bits per heavy atom. The molecular formula is C40H46IN5O9S2. The average molecular weight is 932 g/mol. The van der Waals surface area contributed by atoms with Crippen LogP contribution in [-0.4, -0.2) is 102 Å². The van der Waals surface area contributed by atoms with E-state index >= 15 is 0 Å². The highest BCUT2D eigenvalue weighted by Crippen LogP contribution is 2.31. The second-order valence-corrected chi connectivity index (χ2v) is 17.8. The maximum Gasteiger partial charge on any atom is 0.347 e. The van der Waals surface area contributed by atoms with Gasteiger partial charge in [-0.05, 0) is 59.5 Å². The van der Waals surface area contributed by atoms with Crippen LogP contribution in [0.4, 0.5) is 11.4 Å². The van der Waals surface area contributed by atoms with Gasteiger partial charge in [-0.15, -0.1) is 11.3 Å². The standard InChI is InChI=1S/C22H26N2O5.C18H20IN3O4S2/c1-22(2,15-25)17-6-8-18(9-7-17)24-20(26)10-11-23(24)13-16-4-3-5-19(12-16)29-14-21(27)28;1-2-14(23)11-3-5-12(6-4-11)22-16(24)13(19)10-21(22)7-8-27-18-20-9-15(28-18)17(25)26/h3-9,12,25H,10-11,13-15H2,1-2H3,(H,27,28);3-6,9,13-14,23H,2,7-8,10H2,1H3,(H,25,26). The lowest BCUT2D eigenvalue weighted by Gasteiger charge is -2.29. The summed E-state index contributed by atoms with van der Waals surface area (Å²) in [6, 6.07) is 22.3. The Labute approximate surface area is 353 Å². The lowest BCUT2D eigenvalue weighted by atomic mass is 9.85. The zero-order valence-corrected chi connectivity index (χ0v) is 35.6. The number of amides is 2. The van der Waals surface area contributed by atoms with Gasteiger partial charge in [0.2, 0.25) is 5.91 Å². The molecule has 2 fully saturated rings. The van der Waals surface area contributed by atoms with Gasteiger partial charge >= 0.3 is 11.9 Å². The van der Waals surface area contributed by atoms with E-state index in [9.17, 15) is 29.4 Å². The number of aliphatic hydroxyl groups excluding tert-OH is 2. The number of nitrogens with zero attached hydrogens (tertiary/aromatic N) is 5. The highest BCUT2D eigenvalue weighted by molar-refractivity contribution is 14.1. The molecule has 3 heterocycles. The van der Waals surface area contributed by atoms with Crippen LogP contribution in [0.5, 0.6) is 5.75 Å². The van der Waals surface area contributed by atoms with Crippen molar-refractivity contribution < 1.29 is 44.3 Å². The van der Waals surface area contributed by atoms with E-state index < -0.39 is 24.6 Å². The summed E-state index contributed by atoms with van der Waals surface area (Å²) in [6.45, 7) is 7.86. The number of alkyl halides is 1. The summed E-state index contributed by atoms with van der Waals surface area (Å²) in [5.41, 5.74) is 3.98. The zero-order chi connectivity index (χ0) is 41.3. The number of aromatic nitrogens is 1. The molecule has 0 saturated carbocycles. The molecule has 0 aliphatic carbocycles. The quantitative estimate of drug-likeness (QED) is 0.0582. The first kappa shape index (κ1) is 44.0. The van der Waals surface area contributed by atoms with Crippen molar-refractivity contribution in [1.29, 1.82) is 0 Å². The molecule has 4 aromatic rings. The molecule has 2 amide bonds. The number of hydrogen-bond donors (Lipinski definition) is 4. The van der Waals surface area contributed by atoms with E-state index in [0.717, 1.165) is 39.4 Å². The molecular weight excluding hydrogens is 886 g/mol. The first-order valence-corrected chi connectivity index (χ1v) is 21.3. The highest BCUT2D eigenvalue weighted by atomic mass is 127. The molecule has 2 aliphatic rings. The first-order valence-electron chi connectivity index (χ1n) is 18.3. The van der Waals surface area contributed by atoms with Gasteiger partial charge in [-0.25, -0.2) is 34.6 Å². The number of hydrazine groups is 2. The van der Waals surface area contributed by atoms with Crippen LogP contribution in [0, 0.1) is 0 Å². The SMILES string of the molecule is CC(C)(CO)c1ccc(N2C(=O)CCN2Cc2cccc(OCC(=O)O)c2)cc1.CCC(O)c1ccc(N2C(=O)C(I)CN2CCSc2ncc(C(=O)O)s2)cc1. The van der Waals surface area contributed by atoms with Crippen molar-refractivity contribution in [2.45, 2.75) is 59.9 Å². The molecule has 17 heteroatoms. The van der Waals surface area contributed by atoms with Gasteiger partial charge in [0.25, 0.3) is 5.91 Å². The van der Waals surface area contributed by atoms with Crippen molar-refractivity contribution >= 4 is 80.8 Å². The van der Waals surface area contributed by atoms with E-state index in [4.69, 9.17) is 14.9 Å². The van der Waals surface area contributed by atoms with Crippen LogP contribution < -0.4 is 14.8 Å². The van der Waals surface area contributed by atoms with E-state index in [2.05, 4.69) is 27.6 Å². The fraction of sp³-hybridized carbons (Fsp3) is 0.375. The number of carbonyl (C=O) groups excluding carboxylic acids is 2. The molecule has 2 aliphatic heterocycles. The molecule has 1 aromatic heterocycles. The third-order valence-corrected chi connectivity index (χ3v) is 12.4. The summed E-state index contributed by atoms with van der Waals surface area (Å²) < 4.78 is 5.83. The predicted octanol–water partition coefficient (Wildman–Crippen LogP) is 6.02. The number of hydrogen-bond acceptors (Lipinski definition) is 12.